The molecule has 1 heterocycles. The van der Waals surface area contributed by atoms with Crippen LogP contribution in [0.2, 0.25) is 0 Å². The van der Waals surface area contributed by atoms with E-state index in [0.717, 1.165) is 16.9 Å². The van der Waals surface area contributed by atoms with E-state index in [1.54, 1.807) is 6.26 Å². The summed E-state index contributed by atoms with van der Waals surface area (Å²) in [5, 5.41) is 15.4. The molecule has 1 aromatic heterocycles. The third-order valence-electron chi connectivity index (χ3n) is 2.98. The second kappa shape index (κ2) is 6.95. The minimum Gasteiger partial charge on any atom is -0.464 e. The highest BCUT2D eigenvalue weighted by Crippen LogP contribution is 2.22. The van der Waals surface area contributed by atoms with Gasteiger partial charge in [-0.15, -0.1) is 0 Å². The van der Waals surface area contributed by atoms with Crippen molar-refractivity contribution in [1.29, 1.82) is 0 Å². The quantitative estimate of drug-likeness (QED) is 0.792. The van der Waals surface area contributed by atoms with Gasteiger partial charge in [-0.1, -0.05) is 24.3 Å². The van der Waals surface area contributed by atoms with Gasteiger partial charge in [0.15, 0.2) is 0 Å². The molecule has 0 fully saturated rings. The van der Waals surface area contributed by atoms with Crippen LogP contribution in [0.15, 0.2) is 47.1 Å². The largest absolute Gasteiger partial charge is 0.464 e. The molecule has 0 spiro atoms. The van der Waals surface area contributed by atoms with E-state index >= 15 is 0 Å². The molecule has 2 aromatic rings. The maximum atomic E-state index is 11.5. The molecular weight excluding hydrogens is 268 g/mol. The molecular formula is C16H20N2O3. The highest BCUT2D eigenvalue weighted by Gasteiger charge is 2.10. The minimum absolute atomic E-state index is 0.0646. The Morgan fingerprint density at radius 3 is 2.52 bits per heavy atom. The normalized spacial score (nSPS) is 12.2. The van der Waals surface area contributed by atoms with Gasteiger partial charge in [0.25, 0.3) is 0 Å². The Morgan fingerprint density at radius 1 is 1.24 bits per heavy atom. The average molecular weight is 288 g/mol. The van der Waals surface area contributed by atoms with E-state index in [2.05, 4.69) is 10.6 Å². The van der Waals surface area contributed by atoms with E-state index in [4.69, 9.17) is 4.42 Å². The zero-order valence-corrected chi connectivity index (χ0v) is 12.2. The lowest BCUT2D eigenvalue weighted by molar-refractivity contribution is 0.172. The Morgan fingerprint density at radius 2 is 1.95 bits per heavy atom. The van der Waals surface area contributed by atoms with Crippen molar-refractivity contribution in [3.63, 3.8) is 0 Å². The Bertz CT molecular complexity index is 562. The van der Waals surface area contributed by atoms with Gasteiger partial charge in [-0.25, -0.2) is 4.79 Å². The first-order valence-electron chi connectivity index (χ1n) is 6.92. The Hall–Kier alpha value is -2.27. The molecule has 5 heteroatoms. The summed E-state index contributed by atoms with van der Waals surface area (Å²) < 4.78 is 5.31. The zero-order valence-electron chi connectivity index (χ0n) is 12.2. The fourth-order valence-electron chi connectivity index (χ4n) is 1.93. The van der Waals surface area contributed by atoms with Gasteiger partial charge >= 0.3 is 6.03 Å². The molecule has 0 aliphatic rings. The van der Waals surface area contributed by atoms with Crippen LogP contribution in [0.25, 0.3) is 11.3 Å². The first-order chi connectivity index (χ1) is 10.1. The van der Waals surface area contributed by atoms with E-state index in [9.17, 15) is 9.90 Å². The predicted molar refractivity (Wildman–Crippen MR) is 80.8 cm³/mol. The SMILES string of the molecule is CC(C)NC(=O)NC[C@@H](O)c1ccc(-c2ccco2)cc1. The van der Waals surface area contributed by atoms with Crippen LogP contribution in [0.5, 0.6) is 0 Å². The molecule has 1 atom stereocenters. The number of carbonyl (C=O) groups is 1. The van der Waals surface area contributed by atoms with Crippen LogP contribution in [0.3, 0.4) is 0 Å². The summed E-state index contributed by atoms with van der Waals surface area (Å²) in [5.74, 6) is 0.783. The number of amides is 2. The lowest BCUT2D eigenvalue weighted by Crippen LogP contribution is -2.41. The number of hydrogen-bond donors (Lipinski definition) is 3. The van der Waals surface area contributed by atoms with E-state index in [1.165, 1.54) is 0 Å². The molecule has 0 saturated heterocycles. The van der Waals surface area contributed by atoms with Crippen LogP contribution < -0.4 is 10.6 Å². The summed E-state index contributed by atoms with van der Waals surface area (Å²) in [4.78, 5) is 11.5. The highest BCUT2D eigenvalue weighted by molar-refractivity contribution is 5.74. The van der Waals surface area contributed by atoms with Crippen molar-refractivity contribution >= 4 is 6.03 Å². The molecule has 0 unspecified atom stereocenters. The molecule has 5 nitrogen and oxygen atoms in total. The summed E-state index contributed by atoms with van der Waals surface area (Å²) in [6.07, 6.45) is 0.878. The van der Waals surface area contributed by atoms with Crippen molar-refractivity contribution in [2.24, 2.45) is 0 Å². The number of aliphatic hydroxyl groups excluding tert-OH is 1. The predicted octanol–water partition coefficient (Wildman–Crippen LogP) is 2.69. The van der Waals surface area contributed by atoms with E-state index in [1.807, 2.05) is 50.2 Å². The molecule has 0 saturated carbocycles. The number of rotatable bonds is 5. The third kappa shape index (κ3) is 4.36. The van der Waals surface area contributed by atoms with Gasteiger partial charge in [0.05, 0.1) is 12.4 Å². The number of carbonyl (C=O) groups excluding carboxylic acids is 1. The first-order valence-corrected chi connectivity index (χ1v) is 6.92. The lowest BCUT2D eigenvalue weighted by Gasteiger charge is -2.14. The molecule has 1 aromatic carbocycles. The van der Waals surface area contributed by atoms with E-state index < -0.39 is 6.10 Å². The highest BCUT2D eigenvalue weighted by atomic mass is 16.3. The fraction of sp³-hybridized carbons (Fsp3) is 0.312. The van der Waals surface area contributed by atoms with E-state index in [0.29, 0.717) is 0 Å². The van der Waals surface area contributed by atoms with Crippen LogP contribution in [0, 0.1) is 0 Å². The van der Waals surface area contributed by atoms with Crippen LogP contribution in [0.4, 0.5) is 4.79 Å². The number of benzene rings is 1. The van der Waals surface area contributed by atoms with Gasteiger partial charge in [-0.2, -0.15) is 0 Å². The molecule has 21 heavy (non-hydrogen) atoms. The van der Waals surface area contributed by atoms with Crippen molar-refractivity contribution < 1.29 is 14.3 Å². The number of urea groups is 1. The molecule has 3 N–H and O–H groups in total. The van der Waals surface area contributed by atoms with E-state index in [-0.39, 0.29) is 18.6 Å². The summed E-state index contributed by atoms with van der Waals surface area (Å²) >= 11 is 0. The lowest BCUT2D eigenvalue weighted by atomic mass is 10.1. The van der Waals surface area contributed by atoms with Gasteiger partial charge in [0.1, 0.15) is 5.76 Å². The van der Waals surface area contributed by atoms with Crippen molar-refractivity contribution in [2.45, 2.75) is 26.0 Å². The van der Waals surface area contributed by atoms with Crippen molar-refractivity contribution in [3.8, 4) is 11.3 Å². The smallest absolute Gasteiger partial charge is 0.315 e. The standard InChI is InChI=1S/C16H20N2O3/c1-11(2)18-16(20)17-10-14(19)12-5-7-13(8-6-12)15-4-3-9-21-15/h3-9,11,14,19H,10H2,1-2H3,(H2,17,18,20)/t14-/m1/s1. The van der Waals surface area contributed by atoms with Crippen LogP contribution in [0.1, 0.15) is 25.5 Å². The average Bonchev–Trinajstić information content (AvgIpc) is 2.98. The Labute approximate surface area is 124 Å². The van der Waals surface area contributed by atoms with Crippen LogP contribution >= 0.6 is 0 Å². The molecule has 0 aliphatic heterocycles. The minimum atomic E-state index is -0.742. The van der Waals surface area contributed by atoms with Gasteiger partial charge < -0.3 is 20.2 Å². The summed E-state index contributed by atoms with van der Waals surface area (Å²) in [6, 6.07) is 10.9. The maximum absolute atomic E-state index is 11.5. The monoisotopic (exact) mass is 288 g/mol. The summed E-state index contributed by atoms with van der Waals surface area (Å²) in [7, 11) is 0. The van der Waals surface area contributed by atoms with Crippen LogP contribution in [-0.2, 0) is 0 Å². The van der Waals surface area contributed by atoms with Gasteiger partial charge in [-0.3, -0.25) is 0 Å². The fourth-order valence-corrected chi connectivity index (χ4v) is 1.93. The Kier molecular flexibility index (Phi) is 5.00. The number of hydrogen-bond acceptors (Lipinski definition) is 3. The van der Waals surface area contributed by atoms with Crippen molar-refractivity contribution in [1.82, 2.24) is 10.6 Å². The molecule has 0 bridgehead atoms. The molecule has 2 amide bonds. The Balaban J connectivity index is 1.91. The molecule has 0 aliphatic carbocycles. The molecule has 0 radical (unpaired) electrons. The second-order valence-corrected chi connectivity index (χ2v) is 5.12. The summed E-state index contributed by atoms with van der Waals surface area (Å²) in [6.45, 7) is 3.92. The number of furan rings is 1. The second-order valence-electron chi connectivity index (χ2n) is 5.12. The third-order valence-corrected chi connectivity index (χ3v) is 2.98. The summed E-state index contributed by atoms with van der Waals surface area (Å²) in [5.41, 5.74) is 1.69. The van der Waals surface area contributed by atoms with Crippen molar-refractivity contribution in [2.75, 3.05) is 6.54 Å². The van der Waals surface area contributed by atoms with Gasteiger partial charge in [0, 0.05) is 18.2 Å². The molecule has 112 valence electrons. The maximum Gasteiger partial charge on any atom is 0.315 e. The molecule has 2 rings (SSSR count). The van der Waals surface area contributed by atoms with Crippen molar-refractivity contribution in [3.05, 3.63) is 48.2 Å². The number of nitrogens with one attached hydrogen (secondary N) is 2. The van der Waals surface area contributed by atoms with Crippen LogP contribution in [-0.4, -0.2) is 23.7 Å². The van der Waals surface area contributed by atoms with Gasteiger partial charge in [0.2, 0.25) is 0 Å². The zero-order chi connectivity index (χ0) is 15.2. The van der Waals surface area contributed by atoms with Gasteiger partial charge in [-0.05, 0) is 31.5 Å². The topological polar surface area (TPSA) is 74.5 Å². The first kappa shape index (κ1) is 15.1. The number of aliphatic hydroxyl groups is 1.